The molecule has 0 unspecified atom stereocenters. The molecule has 1 aromatic heterocycles. The molecule has 5 heteroatoms. The zero-order valence-electron chi connectivity index (χ0n) is 18.1. The first-order chi connectivity index (χ1) is 16.2. The molecule has 0 bridgehead atoms. The number of nitrogens with zero attached hydrogens (tertiary/aromatic N) is 1. The quantitative estimate of drug-likeness (QED) is 0.393. The first-order valence-corrected chi connectivity index (χ1v) is 11.1. The summed E-state index contributed by atoms with van der Waals surface area (Å²) >= 11 is 0. The van der Waals surface area contributed by atoms with E-state index >= 15 is 0 Å². The fraction of sp³-hybridized carbons (Fsp3) is 0.143. The third kappa shape index (κ3) is 4.44. The molecule has 0 aliphatic carbocycles. The van der Waals surface area contributed by atoms with Gasteiger partial charge in [0.1, 0.15) is 12.4 Å². The minimum atomic E-state index is -0.281. The van der Waals surface area contributed by atoms with Gasteiger partial charge in [-0.1, -0.05) is 60.7 Å². The van der Waals surface area contributed by atoms with Gasteiger partial charge in [0.2, 0.25) is 11.7 Å². The topological polar surface area (TPSA) is 60.3 Å². The molecule has 0 spiro atoms. The van der Waals surface area contributed by atoms with E-state index < -0.39 is 0 Å². The summed E-state index contributed by atoms with van der Waals surface area (Å²) < 4.78 is 7.78. The molecule has 5 nitrogen and oxygen atoms in total. The Morgan fingerprint density at radius 1 is 0.848 bits per heavy atom. The molecule has 1 N–H and O–H groups in total. The lowest BCUT2D eigenvalue weighted by Gasteiger charge is -2.12. The molecule has 164 valence electrons. The predicted molar refractivity (Wildman–Crippen MR) is 128 cm³/mol. The molecule has 1 amide bonds. The monoisotopic (exact) mass is 436 g/mol. The standard InChI is InChI=1S/C28H24N2O3/c31-27(21-9-5-2-6-10-21)26-16-15-25-24(17-18-30(25)26)28(32)29-22-11-13-23(14-12-22)33-19-20-7-3-1-4-8-20/h1-16,24H,17-19H2,(H,29,32)/t24-/m1/s1. The lowest BCUT2D eigenvalue weighted by molar-refractivity contribution is -0.117. The van der Waals surface area contributed by atoms with E-state index in [4.69, 9.17) is 4.74 Å². The Morgan fingerprint density at radius 3 is 2.27 bits per heavy atom. The number of rotatable bonds is 7. The molecule has 0 radical (unpaired) electrons. The van der Waals surface area contributed by atoms with Crippen LogP contribution in [0.25, 0.3) is 0 Å². The van der Waals surface area contributed by atoms with E-state index in [1.54, 1.807) is 0 Å². The van der Waals surface area contributed by atoms with Gasteiger partial charge in [0.15, 0.2) is 0 Å². The molecule has 33 heavy (non-hydrogen) atoms. The molecule has 1 atom stereocenters. The summed E-state index contributed by atoms with van der Waals surface area (Å²) in [5.74, 6) is 0.379. The zero-order valence-corrected chi connectivity index (χ0v) is 18.1. The number of anilines is 1. The van der Waals surface area contributed by atoms with Gasteiger partial charge in [0.25, 0.3) is 0 Å². The number of hydrogen-bond acceptors (Lipinski definition) is 3. The maximum absolute atomic E-state index is 13.0. The largest absolute Gasteiger partial charge is 0.489 e. The summed E-state index contributed by atoms with van der Waals surface area (Å²) in [5.41, 5.74) is 3.99. The van der Waals surface area contributed by atoms with E-state index in [1.165, 1.54) is 0 Å². The van der Waals surface area contributed by atoms with Crippen LogP contribution in [0.4, 0.5) is 5.69 Å². The van der Waals surface area contributed by atoms with Crippen LogP contribution in [-0.2, 0) is 17.9 Å². The third-order valence-corrected chi connectivity index (χ3v) is 5.97. The molecule has 1 aliphatic rings. The van der Waals surface area contributed by atoms with Crippen molar-refractivity contribution in [2.45, 2.75) is 25.5 Å². The second-order valence-electron chi connectivity index (χ2n) is 8.12. The fourth-order valence-corrected chi connectivity index (χ4v) is 4.25. The van der Waals surface area contributed by atoms with E-state index in [2.05, 4.69) is 5.32 Å². The molecule has 5 rings (SSSR count). The highest BCUT2D eigenvalue weighted by Crippen LogP contribution is 2.32. The smallest absolute Gasteiger partial charge is 0.233 e. The van der Waals surface area contributed by atoms with Crippen LogP contribution in [0.5, 0.6) is 5.75 Å². The average Bonchev–Trinajstić information content (AvgIpc) is 3.47. The summed E-state index contributed by atoms with van der Waals surface area (Å²) in [6, 6.07) is 30.3. The van der Waals surface area contributed by atoms with E-state index in [1.807, 2.05) is 102 Å². The van der Waals surface area contributed by atoms with Gasteiger partial charge >= 0.3 is 0 Å². The first kappa shape index (κ1) is 20.8. The van der Waals surface area contributed by atoms with Crippen molar-refractivity contribution in [2.24, 2.45) is 0 Å². The Labute approximate surface area is 192 Å². The van der Waals surface area contributed by atoms with Crippen LogP contribution in [0.2, 0.25) is 0 Å². The van der Waals surface area contributed by atoms with Crippen molar-refractivity contribution >= 4 is 17.4 Å². The third-order valence-electron chi connectivity index (χ3n) is 5.97. The molecule has 2 heterocycles. The highest BCUT2D eigenvalue weighted by atomic mass is 16.5. The van der Waals surface area contributed by atoms with Crippen molar-refractivity contribution in [3.63, 3.8) is 0 Å². The molecule has 4 aromatic rings. The number of fused-ring (bicyclic) bond motifs is 1. The second kappa shape index (κ2) is 9.17. The van der Waals surface area contributed by atoms with E-state index in [9.17, 15) is 9.59 Å². The number of benzene rings is 3. The number of carbonyl (C=O) groups is 2. The maximum atomic E-state index is 13.0. The molecule has 3 aromatic carbocycles. The van der Waals surface area contributed by atoms with Crippen LogP contribution in [0.15, 0.2) is 97.1 Å². The molecular weight excluding hydrogens is 412 g/mol. The van der Waals surface area contributed by atoms with Crippen molar-refractivity contribution in [1.82, 2.24) is 4.57 Å². The Bertz CT molecular complexity index is 1260. The lowest BCUT2D eigenvalue weighted by atomic mass is 10.0. The Morgan fingerprint density at radius 2 is 1.55 bits per heavy atom. The molecule has 1 aliphatic heterocycles. The average molecular weight is 437 g/mol. The van der Waals surface area contributed by atoms with Crippen LogP contribution < -0.4 is 10.1 Å². The van der Waals surface area contributed by atoms with E-state index in [0.29, 0.717) is 30.8 Å². The second-order valence-corrected chi connectivity index (χ2v) is 8.12. The van der Waals surface area contributed by atoms with Gasteiger partial charge in [-0.3, -0.25) is 9.59 Å². The van der Waals surface area contributed by atoms with Gasteiger partial charge in [-0.2, -0.15) is 0 Å². The molecule has 0 saturated heterocycles. The first-order valence-electron chi connectivity index (χ1n) is 11.1. The zero-order chi connectivity index (χ0) is 22.6. The van der Waals surface area contributed by atoms with Gasteiger partial charge in [-0.25, -0.2) is 0 Å². The van der Waals surface area contributed by atoms with Crippen LogP contribution >= 0.6 is 0 Å². The minimum Gasteiger partial charge on any atom is -0.489 e. The molecule has 0 fully saturated rings. The number of hydrogen-bond donors (Lipinski definition) is 1. The maximum Gasteiger partial charge on any atom is 0.233 e. The predicted octanol–water partition coefficient (Wildman–Crippen LogP) is 5.42. The van der Waals surface area contributed by atoms with Gasteiger partial charge < -0.3 is 14.6 Å². The SMILES string of the molecule is O=C(c1ccccc1)c1ccc2n1CC[C@H]2C(=O)Nc1ccc(OCc2ccccc2)cc1. The highest BCUT2D eigenvalue weighted by Gasteiger charge is 2.32. The van der Waals surface area contributed by atoms with E-state index in [0.717, 1.165) is 22.7 Å². The van der Waals surface area contributed by atoms with Gasteiger partial charge in [0, 0.05) is 23.5 Å². The summed E-state index contributed by atoms with van der Waals surface area (Å²) in [4.78, 5) is 25.9. The molecule has 0 saturated carbocycles. The van der Waals surface area contributed by atoms with Gasteiger partial charge in [-0.15, -0.1) is 0 Å². The Hall–Kier alpha value is -4.12. The lowest BCUT2D eigenvalue weighted by Crippen LogP contribution is -2.19. The summed E-state index contributed by atoms with van der Waals surface area (Å²) in [5, 5.41) is 3.00. The van der Waals surface area contributed by atoms with Crippen LogP contribution in [0.1, 0.15) is 39.6 Å². The van der Waals surface area contributed by atoms with Crippen molar-refractivity contribution < 1.29 is 14.3 Å². The summed E-state index contributed by atoms with van der Waals surface area (Å²) in [6.45, 7) is 1.15. The van der Waals surface area contributed by atoms with Crippen LogP contribution in [0, 0.1) is 0 Å². The van der Waals surface area contributed by atoms with Crippen molar-refractivity contribution in [3.8, 4) is 5.75 Å². The van der Waals surface area contributed by atoms with Gasteiger partial charge in [0.05, 0.1) is 11.6 Å². The number of nitrogens with one attached hydrogen (secondary N) is 1. The number of ether oxygens (including phenoxy) is 1. The molecular formula is C28H24N2O3. The van der Waals surface area contributed by atoms with Gasteiger partial charge in [-0.05, 0) is 48.4 Å². The summed E-state index contributed by atoms with van der Waals surface area (Å²) in [7, 11) is 0. The van der Waals surface area contributed by atoms with Crippen molar-refractivity contribution in [2.75, 3.05) is 5.32 Å². The van der Waals surface area contributed by atoms with Crippen molar-refractivity contribution in [1.29, 1.82) is 0 Å². The highest BCUT2D eigenvalue weighted by molar-refractivity contribution is 6.08. The summed E-state index contributed by atoms with van der Waals surface area (Å²) in [6.07, 6.45) is 0.676. The number of aromatic nitrogens is 1. The van der Waals surface area contributed by atoms with Crippen molar-refractivity contribution in [3.05, 3.63) is 120 Å². The Balaban J connectivity index is 1.23. The fourth-order valence-electron chi connectivity index (χ4n) is 4.25. The Kier molecular flexibility index (Phi) is 5.77. The minimum absolute atomic E-state index is 0.0194. The number of ketones is 1. The van der Waals surface area contributed by atoms with Crippen LogP contribution in [-0.4, -0.2) is 16.3 Å². The normalized spacial score (nSPS) is 14.5. The van der Waals surface area contributed by atoms with Crippen LogP contribution in [0.3, 0.4) is 0 Å². The number of amides is 1. The number of carbonyl (C=O) groups excluding carboxylic acids is 2. The van der Waals surface area contributed by atoms with E-state index in [-0.39, 0.29) is 17.6 Å².